The molecule has 0 saturated carbocycles. The van der Waals surface area contributed by atoms with E-state index >= 15 is 0 Å². The monoisotopic (exact) mass is 304 g/mol. The van der Waals surface area contributed by atoms with Crippen LogP contribution in [0.5, 0.6) is 5.75 Å². The molecule has 0 fully saturated rings. The Morgan fingerprint density at radius 1 is 1.36 bits per heavy atom. The van der Waals surface area contributed by atoms with Crippen molar-refractivity contribution >= 4 is 29.2 Å². The van der Waals surface area contributed by atoms with Gasteiger partial charge in [0.1, 0.15) is 0 Å². The molecule has 1 aromatic carbocycles. The number of fused-ring (bicyclic) bond motifs is 1. The van der Waals surface area contributed by atoms with Crippen LogP contribution in [0, 0.1) is 0 Å². The predicted octanol–water partition coefficient (Wildman–Crippen LogP) is 3.07. The molecule has 1 nitrogen and oxygen atoms in total. The van der Waals surface area contributed by atoms with Crippen molar-refractivity contribution in [2.24, 2.45) is 0 Å². The van der Waals surface area contributed by atoms with E-state index in [0.29, 0.717) is 6.10 Å². The van der Waals surface area contributed by atoms with Crippen LogP contribution in [-0.2, 0) is 0 Å². The number of hydrogen-bond acceptors (Lipinski definition) is 1. The van der Waals surface area contributed by atoms with Gasteiger partial charge in [0.15, 0.2) is 0 Å². The van der Waals surface area contributed by atoms with Gasteiger partial charge in [-0.15, -0.1) is 0 Å². The van der Waals surface area contributed by atoms with Crippen LogP contribution in [0.1, 0.15) is 20.3 Å². The second kappa shape index (κ2) is 4.38. The van der Waals surface area contributed by atoms with E-state index in [2.05, 4.69) is 42.2 Å². The number of ether oxygens (including phenoxy) is 1. The summed E-state index contributed by atoms with van der Waals surface area (Å²) in [6, 6.07) is 8.70. The molecule has 14 heavy (non-hydrogen) atoms. The Labute approximate surface area is 94.3 Å². The summed E-state index contributed by atoms with van der Waals surface area (Å²) in [5.41, 5.74) is 0. The third-order valence-electron chi connectivity index (χ3n) is 2.34. The Balaban J connectivity index is 2.25. The maximum atomic E-state index is 5.77. The van der Waals surface area contributed by atoms with Crippen LogP contribution < -0.4 is 4.74 Å². The fraction of sp³-hybridized carbons (Fsp3) is 0.333. The standard InChI is InChI=1S/C12H14OTe/c1-3-9(2)13-11-4-5-12-10(8-11)6-7-14-12/h4-9H,3H2,1-2H3. The van der Waals surface area contributed by atoms with Crippen molar-refractivity contribution in [3.8, 4) is 5.75 Å². The van der Waals surface area contributed by atoms with Gasteiger partial charge in [0.2, 0.25) is 0 Å². The van der Waals surface area contributed by atoms with Crippen molar-refractivity contribution in [1.29, 1.82) is 0 Å². The topological polar surface area (TPSA) is 9.23 Å². The predicted molar refractivity (Wildman–Crippen MR) is 61.3 cm³/mol. The third-order valence-corrected chi connectivity index (χ3v) is 4.90. The first kappa shape index (κ1) is 10.1. The van der Waals surface area contributed by atoms with Gasteiger partial charge in [-0.25, -0.2) is 0 Å². The number of benzene rings is 1. The van der Waals surface area contributed by atoms with Gasteiger partial charge in [0.05, 0.1) is 0 Å². The van der Waals surface area contributed by atoms with Gasteiger partial charge in [0.25, 0.3) is 0 Å². The van der Waals surface area contributed by atoms with Gasteiger partial charge in [0, 0.05) is 0 Å². The minimum atomic E-state index is -0.0185. The van der Waals surface area contributed by atoms with Gasteiger partial charge in [-0.3, -0.25) is 0 Å². The fourth-order valence-electron chi connectivity index (χ4n) is 1.33. The van der Waals surface area contributed by atoms with Crippen molar-refractivity contribution in [3.05, 3.63) is 28.3 Å². The first-order valence-electron chi connectivity index (χ1n) is 4.93. The summed E-state index contributed by atoms with van der Waals surface area (Å²) < 4.78 is 9.63. The normalized spacial score (nSPS) is 13.0. The molecule has 0 aliphatic carbocycles. The molecule has 1 atom stereocenters. The summed E-state index contributed by atoms with van der Waals surface area (Å²) >= 11 is -0.0185. The summed E-state index contributed by atoms with van der Waals surface area (Å²) in [5, 5.41) is 1.37. The second-order valence-corrected chi connectivity index (χ2v) is 6.16. The van der Waals surface area contributed by atoms with Gasteiger partial charge < -0.3 is 0 Å². The van der Waals surface area contributed by atoms with Crippen LogP contribution in [0.2, 0.25) is 0 Å². The van der Waals surface area contributed by atoms with E-state index in [-0.39, 0.29) is 20.4 Å². The summed E-state index contributed by atoms with van der Waals surface area (Å²) in [6.45, 7) is 4.25. The zero-order chi connectivity index (χ0) is 9.97. The van der Waals surface area contributed by atoms with E-state index < -0.39 is 0 Å². The molecule has 2 aromatic rings. The number of hydrogen-bond donors (Lipinski definition) is 0. The molecule has 0 aliphatic rings. The van der Waals surface area contributed by atoms with E-state index in [1.165, 1.54) is 8.79 Å². The van der Waals surface area contributed by atoms with E-state index in [1.54, 1.807) is 0 Å². The van der Waals surface area contributed by atoms with E-state index in [4.69, 9.17) is 4.74 Å². The van der Waals surface area contributed by atoms with Crippen molar-refractivity contribution in [1.82, 2.24) is 0 Å². The van der Waals surface area contributed by atoms with Crippen molar-refractivity contribution in [2.75, 3.05) is 0 Å². The molecule has 1 unspecified atom stereocenters. The van der Waals surface area contributed by atoms with Crippen molar-refractivity contribution in [2.45, 2.75) is 26.4 Å². The van der Waals surface area contributed by atoms with Gasteiger partial charge in [-0.2, -0.15) is 0 Å². The molecule has 0 bridgehead atoms. The molecule has 0 spiro atoms. The molecule has 0 saturated heterocycles. The molecule has 1 heterocycles. The molecular weight excluding hydrogens is 288 g/mol. The van der Waals surface area contributed by atoms with Gasteiger partial charge >= 0.3 is 94.4 Å². The Kier molecular flexibility index (Phi) is 3.15. The summed E-state index contributed by atoms with van der Waals surface area (Å²) in [4.78, 5) is 0. The summed E-state index contributed by atoms with van der Waals surface area (Å²) in [6.07, 6.45) is 1.37. The second-order valence-electron chi connectivity index (χ2n) is 3.46. The van der Waals surface area contributed by atoms with Crippen LogP contribution in [0.4, 0.5) is 0 Å². The van der Waals surface area contributed by atoms with Gasteiger partial charge in [-0.1, -0.05) is 0 Å². The Hall–Kier alpha value is -0.450. The third kappa shape index (κ3) is 2.13. The van der Waals surface area contributed by atoms with Crippen LogP contribution in [-0.4, -0.2) is 26.5 Å². The van der Waals surface area contributed by atoms with E-state index in [0.717, 1.165) is 12.2 Å². The first-order chi connectivity index (χ1) is 6.79. The average Bonchev–Trinajstić information content (AvgIpc) is 2.64. The van der Waals surface area contributed by atoms with Crippen LogP contribution in [0.15, 0.2) is 28.3 Å². The van der Waals surface area contributed by atoms with Crippen molar-refractivity contribution in [3.63, 3.8) is 0 Å². The SMILES string of the molecule is CCC(C)Oc1ccc2[te]ccc2c1. The minimum absolute atomic E-state index is 0.0185. The quantitative estimate of drug-likeness (QED) is 0.792. The average molecular weight is 302 g/mol. The first-order valence-corrected chi connectivity index (χ1v) is 7.44. The van der Waals surface area contributed by atoms with Crippen LogP contribution in [0.25, 0.3) is 8.79 Å². The van der Waals surface area contributed by atoms with Crippen LogP contribution in [0.3, 0.4) is 0 Å². The molecular formula is C12H14OTe. The zero-order valence-electron chi connectivity index (χ0n) is 8.49. The number of rotatable bonds is 3. The molecule has 74 valence electrons. The molecule has 0 N–H and O–H groups in total. The summed E-state index contributed by atoms with van der Waals surface area (Å²) in [7, 11) is 0. The molecule has 0 aliphatic heterocycles. The molecule has 1 aromatic heterocycles. The summed E-state index contributed by atoms with van der Waals surface area (Å²) in [5.74, 6) is 1.01. The Morgan fingerprint density at radius 2 is 2.21 bits per heavy atom. The Morgan fingerprint density at radius 3 is 3.00 bits per heavy atom. The molecule has 0 amide bonds. The Bertz CT molecular complexity index is 419. The van der Waals surface area contributed by atoms with Gasteiger partial charge in [-0.05, 0) is 0 Å². The van der Waals surface area contributed by atoms with Crippen LogP contribution >= 0.6 is 0 Å². The molecule has 2 rings (SSSR count). The maximum absolute atomic E-state index is 5.77. The van der Waals surface area contributed by atoms with Crippen molar-refractivity contribution < 1.29 is 4.74 Å². The molecule has 2 heteroatoms. The van der Waals surface area contributed by atoms with E-state index in [1.807, 2.05) is 0 Å². The molecule has 0 radical (unpaired) electrons. The zero-order valence-corrected chi connectivity index (χ0v) is 10.8. The van der Waals surface area contributed by atoms with E-state index in [9.17, 15) is 0 Å². The fourth-order valence-corrected chi connectivity index (χ4v) is 3.53.